The minimum Gasteiger partial charge on any atom is -0.481 e. The molecule has 0 aromatic heterocycles. The van der Waals surface area contributed by atoms with Crippen molar-refractivity contribution in [1.29, 1.82) is 0 Å². The topological polar surface area (TPSA) is 105 Å². The number of amides is 2. The van der Waals surface area contributed by atoms with Crippen molar-refractivity contribution in [1.82, 2.24) is 10.6 Å². The van der Waals surface area contributed by atoms with Crippen LogP contribution in [0.5, 0.6) is 0 Å². The molecule has 7 nitrogen and oxygen atoms in total. The van der Waals surface area contributed by atoms with E-state index in [1.807, 2.05) is 24.3 Å². The molecule has 5 unspecified atom stereocenters. The van der Waals surface area contributed by atoms with Crippen LogP contribution in [0.15, 0.2) is 48.5 Å². The maximum Gasteiger partial charge on any atom is 0.407 e. The van der Waals surface area contributed by atoms with E-state index < -0.39 is 29.4 Å². The Kier molecular flexibility index (Phi) is 5.58. The molecule has 0 aliphatic heterocycles. The smallest absolute Gasteiger partial charge is 0.407 e. The normalized spacial score (nSPS) is 25.9. The van der Waals surface area contributed by atoms with Gasteiger partial charge in [0.25, 0.3) is 0 Å². The van der Waals surface area contributed by atoms with Gasteiger partial charge in [0.15, 0.2) is 0 Å². The Balaban J connectivity index is 1.16. The lowest BCUT2D eigenvalue weighted by molar-refractivity contribution is -0.142. The largest absolute Gasteiger partial charge is 0.481 e. The van der Waals surface area contributed by atoms with Gasteiger partial charge in [-0.2, -0.15) is 0 Å². The van der Waals surface area contributed by atoms with Gasteiger partial charge in [-0.25, -0.2) is 4.79 Å². The molecule has 5 atom stereocenters. The number of rotatable bonds is 7. The van der Waals surface area contributed by atoms with Gasteiger partial charge in [-0.3, -0.25) is 9.59 Å². The van der Waals surface area contributed by atoms with Crippen molar-refractivity contribution >= 4 is 18.0 Å². The molecule has 2 aromatic carbocycles. The van der Waals surface area contributed by atoms with Crippen molar-refractivity contribution in [2.45, 2.75) is 51.1 Å². The molecule has 2 aromatic rings. The molecular formula is C27H30N2O5. The Morgan fingerprint density at radius 3 is 2.26 bits per heavy atom. The van der Waals surface area contributed by atoms with Gasteiger partial charge in [-0.05, 0) is 61.3 Å². The quantitative estimate of drug-likeness (QED) is 0.579. The van der Waals surface area contributed by atoms with E-state index in [-0.39, 0.29) is 30.4 Å². The average Bonchev–Trinajstić information content (AvgIpc) is 3.25. The summed E-state index contributed by atoms with van der Waals surface area (Å²) in [6.07, 6.45) is 1.62. The molecule has 0 radical (unpaired) electrons. The van der Waals surface area contributed by atoms with E-state index in [1.165, 1.54) is 22.3 Å². The summed E-state index contributed by atoms with van der Waals surface area (Å²) >= 11 is 0. The fourth-order valence-electron chi connectivity index (χ4n) is 5.78. The molecule has 0 heterocycles. The number of aliphatic carboxylic acids is 1. The SMILES string of the molecule is CC(NC(=O)C12CC(NC(=O)OCC3c4ccccc4-c4ccccc43)CC1C2)C(C)C(=O)O. The molecular weight excluding hydrogens is 432 g/mol. The summed E-state index contributed by atoms with van der Waals surface area (Å²) in [6, 6.07) is 15.8. The first kappa shape index (κ1) is 22.4. The van der Waals surface area contributed by atoms with Gasteiger partial charge in [0.2, 0.25) is 5.91 Å². The van der Waals surface area contributed by atoms with E-state index >= 15 is 0 Å². The summed E-state index contributed by atoms with van der Waals surface area (Å²) in [5, 5.41) is 15.0. The van der Waals surface area contributed by atoms with Gasteiger partial charge < -0.3 is 20.5 Å². The van der Waals surface area contributed by atoms with Crippen LogP contribution in [0.4, 0.5) is 4.79 Å². The molecule has 7 heteroatoms. The van der Waals surface area contributed by atoms with Crippen molar-refractivity contribution in [3.8, 4) is 11.1 Å². The lowest BCUT2D eigenvalue weighted by atomic mass is 9.98. The van der Waals surface area contributed by atoms with Crippen LogP contribution in [-0.4, -0.2) is 41.8 Å². The number of carbonyl (C=O) groups is 3. The molecule has 2 saturated carbocycles. The Hall–Kier alpha value is -3.35. The Labute approximate surface area is 198 Å². The molecule has 3 aliphatic carbocycles. The van der Waals surface area contributed by atoms with Gasteiger partial charge in [0, 0.05) is 18.0 Å². The van der Waals surface area contributed by atoms with Crippen LogP contribution in [0.3, 0.4) is 0 Å². The molecule has 2 fully saturated rings. The van der Waals surface area contributed by atoms with Gasteiger partial charge in [-0.15, -0.1) is 0 Å². The summed E-state index contributed by atoms with van der Waals surface area (Å²) in [7, 11) is 0. The molecule has 178 valence electrons. The molecule has 5 rings (SSSR count). The molecule has 3 aliphatic rings. The maximum absolute atomic E-state index is 12.9. The van der Waals surface area contributed by atoms with E-state index in [0.717, 1.165) is 12.8 Å². The Morgan fingerprint density at radius 2 is 1.65 bits per heavy atom. The van der Waals surface area contributed by atoms with Crippen LogP contribution < -0.4 is 10.6 Å². The zero-order valence-corrected chi connectivity index (χ0v) is 19.4. The van der Waals surface area contributed by atoms with E-state index in [0.29, 0.717) is 6.42 Å². The van der Waals surface area contributed by atoms with Crippen molar-refractivity contribution in [3.05, 3.63) is 59.7 Å². The van der Waals surface area contributed by atoms with Crippen LogP contribution in [0.2, 0.25) is 0 Å². The third-order valence-electron chi connectivity index (χ3n) is 8.03. The highest BCUT2D eigenvalue weighted by molar-refractivity contribution is 5.87. The first-order chi connectivity index (χ1) is 16.3. The van der Waals surface area contributed by atoms with Crippen LogP contribution in [0, 0.1) is 17.3 Å². The van der Waals surface area contributed by atoms with Gasteiger partial charge in [0.05, 0.1) is 11.3 Å². The van der Waals surface area contributed by atoms with Crippen molar-refractivity contribution in [2.24, 2.45) is 17.3 Å². The van der Waals surface area contributed by atoms with E-state index in [2.05, 4.69) is 34.9 Å². The van der Waals surface area contributed by atoms with Gasteiger partial charge in [0.1, 0.15) is 6.61 Å². The van der Waals surface area contributed by atoms with E-state index in [9.17, 15) is 19.5 Å². The van der Waals surface area contributed by atoms with Crippen molar-refractivity contribution in [2.75, 3.05) is 6.61 Å². The molecule has 2 amide bonds. The molecule has 0 bridgehead atoms. The number of ether oxygens (including phenoxy) is 1. The summed E-state index contributed by atoms with van der Waals surface area (Å²) in [6.45, 7) is 3.56. The summed E-state index contributed by atoms with van der Waals surface area (Å²) < 4.78 is 5.65. The van der Waals surface area contributed by atoms with Crippen LogP contribution >= 0.6 is 0 Å². The number of fused-ring (bicyclic) bond motifs is 4. The Bertz CT molecular complexity index is 1100. The molecule has 0 saturated heterocycles. The first-order valence-corrected chi connectivity index (χ1v) is 12.0. The van der Waals surface area contributed by atoms with Crippen LogP contribution in [0.25, 0.3) is 11.1 Å². The van der Waals surface area contributed by atoms with Gasteiger partial charge in [-0.1, -0.05) is 48.5 Å². The predicted molar refractivity (Wildman–Crippen MR) is 126 cm³/mol. The fraction of sp³-hybridized carbons (Fsp3) is 0.444. The monoisotopic (exact) mass is 462 g/mol. The molecule has 3 N–H and O–H groups in total. The number of alkyl carbamates (subject to hydrolysis) is 1. The van der Waals surface area contributed by atoms with Gasteiger partial charge >= 0.3 is 12.1 Å². The van der Waals surface area contributed by atoms with Crippen LogP contribution in [0.1, 0.15) is 50.2 Å². The number of carboxylic acids is 1. The molecule has 34 heavy (non-hydrogen) atoms. The number of hydrogen-bond acceptors (Lipinski definition) is 4. The predicted octanol–water partition coefficient (Wildman–Crippen LogP) is 3.92. The number of carbonyl (C=O) groups excluding carboxylic acids is 2. The standard InChI is InChI=1S/C27H30N2O5/c1-15(24(30)31)16(2)28-25(32)27-12-17(27)11-18(13-27)29-26(33)34-14-23-21-9-5-3-7-19(21)20-8-4-6-10-22(20)23/h3-10,15-18,23H,11-14H2,1-2H3,(H,28,32)(H,29,33)(H,30,31). The highest BCUT2D eigenvalue weighted by atomic mass is 16.5. The average molecular weight is 463 g/mol. The van der Waals surface area contributed by atoms with E-state index in [1.54, 1.807) is 13.8 Å². The minimum absolute atomic E-state index is 0.00460. The van der Waals surface area contributed by atoms with Crippen molar-refractivity contribution < 1.29 is 24.2 Å². The minimum atomic E-state index is -0.932. The Morgan fingerprint density at radius 1 is 1.03 bits per heavy atom. The first-order valence-electron chi connectivity index (χ1n) is 12.0. The maximum atomic E-state index is 12.9. The second-order valence-corrected chi connectivity index (χ2v) is 10.1. The zero-order valence-electron chi connectivity index (χ0n) is 19.4. The summed E-state index contributed by atoms with van der Waals surface area (Å²) in [5.74, 6) is -1.47. The lowest BCUT2D eigenvalue weighted by Crippen LogP contribution is -2.44. The third kappa shape index (κ3) is 3.83. The fourth-order valence-corrected chi connectivity index (χ4v) is 5.78. The van der Waals surface area contributed by atoms with Crippen LogP contribution in [-0.2, 0) is 14.3 Å². The highest BCUT2D eigenvalue weighted by Crippen LogP contribution is 2.63. The second-order valence-electron chi connectivity index (χ2n) is 10.1. The number of carboxylic acid groups (broad SMARTS) is 1. The molecule has 0 spiro atoms. The summed E-state index contributed by atoms with van der Waals surface area (Å²) in [4.78, 5) is 36.7. The van der Waals surface area contributed by atoms with Crippen molar-refractivity contribution in [3.63, 3.8) is 0 Å². The second kappa shape index (κ2) is 8.46. The zero-order chi connectivity index (χ0) is 24.0. The van der Waals surface area contributed by atoms with E-state index in [4.69, 9.17) is 4.74 Å². The highest BCUT2D eigenvalue weighted by Gasteiger charge is 2.65. The number of benzene rings is 2. The number of hydrogen-bond donors (Lipinski definition) is 3. The third-order valence-corrected chi connectivity index (χ3v) is 8.03. The lowest BCUT2D eigenvalue weighted by Gasteiger charge is -2.22. The number of nitrogens with one attached hydrogen (secondary N) is 2. The summed E-state index contributed by atoms with van der Waals surface area (Å²) in [5.41, 5.74) is 4.20.